The molecule has 5 nitrogen and oxygen atoms in total. The van der Waals surface area contributed by atoms with Gasteiger partial charge in [0.15, 0.2) is 0 Å². The van der Waals surface area contributed by atoms with Crippen LogP contribution in [-0.4, -0.2) is 22.4 Å². The highest BCUT2D eigenvalue weighted by Gasteiger charge is 2.15. The minimum Gasteiger partial charge on any atom is -0.337 e. The minimum absolute atomic E-state index is 0.272. The second-order valence-electron chi connectivity index (χ2n) is 6.16. The van der Waals surface area contributed by atoms with Crippen LogP contribution in [0.15, 0.2) is 60.7 Å². The number of halogens is 1. The van der Waals surface area contributed by atoms with E-state index in [0.717, 1.165) is 5.56 Å². The molecular formula is C21H21FN4O. The number of nitrogens with zero attached hydrogens (tertiary/aromatic N) is 3. The summed E-state index contributed by atoms with van der Waals surface area (Å²) >= 11 is 0. The molecule has 0 saturated heterocycles. The summed E-state index contributed by atoms with van der Waals surface area (Å²) in [4.78, 5) is 23.5. The van der Waals surface area contributed by atoms with Crippen LogP contribution in [-0.2, 0) is 6.54 Å². The van der Waals surface area contributed by atoms with Crippen LogP contribution in [0.25, 0.3) is 0 Å². The van der Waals surface area contributed by atoms with E-state index in [4.69, 9.17) is 0 Å². The molecule has 1 N–H and O–H groups in total. The van der Waals surface area contributed by atoms with Crippen LogP contribution in [0.5, 0.6) is 0 Å². The van der Waals surface area contributed by atoms with Crippen LogP contribution in [0.2, 0.25) is 0 Å². The Labute approximate surface area is 157 Å². The molecule has 0 saturated carbocycles. The normalized spacial score (nSPS) is 10.5. The van der Waals surface area contributed by atoms with Crippen molar-refractivity contribution in [3.05, 3.63) is 83.4 Å². The number of benzene rings is 2. The van der Waals surface area contributed by atoms with E-state index in [0.29, 0.717) is 30.4 Å². The van der Waals surface area contributed by atoms with Gasteiger partial charge in [-0.1, -0.05) is 30.3 Å². The van der Waals surface area contributed by atoms with Gasteiger partial charge in [0.25, 0.3) is 5.91 Å². The van der Waals surface area contributed by atoms with E-state index < -0.39 is 0 Å². The summed E-state index contributed by atoms with van der Waals surface area (Å²) in [6.07, 6.45) is 0. The topological polar surface area (TPSA) is 58.1 Å². The summed E-state index contributed by atoms with van der Waals surface area (Å²) in [6.45, 7) is 5.21. The highest BCUT2D eigenvalue weighted by Crippen LogP contribution is 2.16. The van der Waals surface area contributed by atoms with Gasteiger partial charge >= 0.3 is 0 Å². The van der Waals surface area contributed by atoms with Crippen LogP contribution in [0, 0.1) is 12.7 Å². The van der Waals surface area contributed by atoms with Crippen LogP contribution in [0.3, 0.4) is 0 Å². The highest BCUT2D eigenvalue weighted by molar-refractivity contribution is 6.03. The molecule has 2 aromatic carbocycles. The van der Waals surface area contributed by atoms with Crippen molar-refractivity contribution in [1.82, 2.24) is 9.97 Å². The van der Waals surface area contributed by atoms with E-state index in [2.05, 4.69) is 15.3 Å². The van der Waals surface area contributed by atoms with E-state index in [-0.39, 0.29) is 17.4 Å². The fraction of sp³-hybridized carbons (Fsp3) is 0.190. The van der Waals surface area contributed by atoms with Gasteiger partial charge in [-0.3, -0.25) is 4.79 Å². The maximum Gasteiger partial charge on any atom is 0.274 e. The van der Waals surface area contributed by atoms with Gasteiger partial charge < -0.3 is 10.2 Å². The van der Waals surface area contributed by atoms with Crippen molar-refractivity contribution < 1.29 is 9.18 Å². The quantitative estimate of drug-likeness (QED) is 0.712. The molecule has 0 spiro atoms. The van der Waals surface area contributed by atoms with Gasteiger partial charge in [-0.2, -0.15) is 0 Å². The van der Waals surface area contributed by atoms with Crippen molar-refractivity contribution in [1.29, 1.82) is 0 Å². The zero-order valence-electron chi connectivity index (χ0n) is 15.3. The Morgan fingerprint density at radius 2 is 1.78 bits per heavy atom. The fourth-order valence-electron chi connectivity index (χ4n) is 2.67. The lowest BCUT2D eigenvalue weighted by atomic mass is 10.2. The molecule has 3 aromatic rings. The molecule has 0 bridgehead atoms. The van der Waals surface area contributed by atoms with Gasteiger partial charge in [-0.05, 0) is 49.7 Å². The third-order valence-electron chi connectivity index (χ3n) is 4.06. The maximum absolute atomic E-state index is 13.0. The van der Waals surface area contributed by atoms with E-state index in [1.807, 2.05) is 49.1 Å². The highest BCUT2D eigenvalue weighted by atomic mass is 19.1. The first-order valence-corrected chi connectivity index (χ1v) is 8.76. The lowest BCUT2D eigenvalue weighted by Gasteiger charge is -2.21. The summed E-state index contributed by atoms with van der Waals surface area (Å²) in [5.74, 6) is -0.206. The van der Waals surface area contributed by atoms with Crippen molar-refractivity contribution in [2.45, 2.75) is 20.4 Å². The molecule has 27 heavy (non-hydrogen) atoms. The van der Waals surface area contributed by atoms with Gasteiger partial charge in [0, 0.05) is 24.5 Å². The molecule has 0 aliphatic rings. The first-order valence-electron chi connectivity index (χ1n) is 8.76. The Hall–Kier alpha value is -3.28. The molecule has 0 aliphatic heterocycles. The SMILES string of the molecule is CCN(Cc1ccccc1)c1nc(C)cc(C(=O)Nc2ccc(F)cc2)n1. The summed E-state index contributed by atoms with van der Waals surface area (Å²) < 4.78 is 13.0. The van der Waals surface area contributed by atoms with Gasteiger partial charge in [0.1, 0.15) is 11.5 Å². The van der Waals surface area contributed by atoms with Crippen LogP contribution < -0.4 is 10.2 Å². The Kier molecular flexibility index (Phi) is 5.76. The zero-order chi connectivity index (χ0) is 19.2. The molecule has 3 rings (SSSR count). The number of hydrogen-bond acceptors (Lipinski definition) is 4. The number of rotatable bonds is 6. The number of anilines is 2. The Morgan fingerprint density at radius 1 is 1.07 bits per heavy atom. The molecule has 0 fully saturated rings. The lowest BCUT2D eigenvalue weighted by Crippen LogP contribution is -2.26. The number of carbonyl (C=O) groups is 1. The second-order valence-corrected chi connectivity index (χ2v) is 6.16. The van der Waals surface area contributed by atoms with Gasteiger partial charge in [0.05, 0.1) is 0 Å². The number of aromatic nitrogens is 2. The molecule has 0 aliphatic carbocycles. The maximum atomic E-state index is 13.0. The van der Waals surface area contributed by atoms with Crippen LogP contribution in [0.1, 0.15) is 28.7 Å². The van der Waals surface area contributed by atoms with E-state index in [9.17, 15) is 9.18 Å². The third-order valence-corrected chi connectivity index (χ3v) is 4.06. The predicted octanol–water partition coefficient (Wildman–Crippen LogP) is 4.20. The fourth-order valence-corrected chi connectivity index (χ4v) is 2.67. The number of carbonyl (C=O) groups excluding carboxylic acids is 1. The molecule has 0 radical (unpaired) electrons. The molecule has 1 amide bonds. The third kappa shape index (κ3) is 4.88. The summed E-state index contributed by atoms with van der Waals surface area (Å²) in [6, 6.07) is 17.3. The van der Waals surface area contributed by atoms with E-state index in [1.165, 1.54) is 24.3 Å². The molecule has 0 unspecified atom stereocenters. The van der Waals surface area contributed by atoms with Crippen molar-refractivity contribution >= 4 is 17.5 Å². The lowest BCUT2D eigenvalue weighted by molar-refractivity contribution is 0.102. The number of aryl methyl sites for hydroxylation is 1. The summed E-state index contributed by atoms with van der Waals surface area (Å²) in [5, 5.41) is 2.73. The Balaban J connectivity index is 1.82. The van der Waals surface area contributed by atoms with Gasteiger partial charge in [-0.15, -0.1) is 0 Å². The smallest absolute Gasteiger partial charge is 0.274 e. The Morgan fingerprint density at radius 3 is 2.44 bits per heavy atom. The zero-order valence-corrected chi connectivity index (χ0v) is 15.3. The molecular weight excluding hydrogens is 343 g/mol. The first-order chi connectivity index (χ1) is 13.0. The largest absolute Gasteiger partial charge is 0.337 e. The van der Waals surface area contributed by atoms with Gasteiger partial charge in [0.2, 0.25) is 5.95 Å². The first kappa shape index (κ1) is 18.5. The molecule has 1 aromatic heterocycles. The number of amides is 1. The van der Waals surface area contributed by atoms with Crippen molar-refractivity contribution in [3.63, 3.8) is 0 Å². The molecule has 0 atom stereocenters. The van der Waals surface area contributed by atoms with Crippen molar-refractivity contribution in [3.8, 4) is 0 Å². The van der Waals surface area contributed by atoms with Crippen LogP contribution >= 0.6 is 0 Å². The second kappa shape index (κ2) is 8.40. The van der Waals surface area contributed by atoms with Gasteiger partial charge in [-0.25, -0.2) is 14.4 Å². The molecule has 6 heteroatoms. The molecule has 138 valence electrons. The number of nitrogens with one attached hydrogen (secondary N) is 1. The van der Waals surface area contributed by atoms with Crippen LogP contribution in [0.4, 0.5) is 16.0 Å². The Bertz CT molecular complexity index is 913. The minimum atomic E-state index is -0.357. The average molecular weight is 364 g/mol. The summed E-state index contributed by atoms with van der Waals surface area (Å²) in [7, 11) is 0. The van der Waals surface area contributed by atoms with Crippen molar-refractivity contribution in [2.24, 2.45) is 0 Å². The average Bonchev–Trinajstić information content (AvgIpc) is 2.68. The van der Waals surface area contributed by atoms with Crippen molar-refractivity contribution in [2.75, 3.05) is 16.8 Å². The van der Waals surface area contributed by atoms with E-state index in [1.54, 1.807) is 6.07 Å². The standard InChI is InChI=1S/C21H21FN4O/c1-3-26(14-16-7-5-4-6-8-16)21-23-15(2)13-19(25-21)20(27)24-18-11-9-17(22)10-12-18/h4-13H,3,14H2,1-2H3,(H,24,27). The molecule has 1 heterocycles. The summed E-state index contributed by atoms with van der Waals surface area (Å²) in [5.41, 5.74) is 2.63. The predicted molar refractivity (Wildman–Crippen MR) is 104 cm³/mol. The number of hydrogen-bond donors (Lipinski definition) is 1. The van der Waals surface area contributed by atoms with E-state index >= 15 is 0 Å². The monoisotopic (exact) mass is 364 g/mol.